The second-order valence-electron chi connectivity index (χ2n) is 6.48. The molecule has 0 rings (SSSR count). The van der Waals surface area contributed by atoms with Gasteiger partial charge in [-0.2, -0.15) is 0 Å². The van der Waals surface area contributed by atoms with E-state index in [-0.39, 0.29) is 0 Å². The van der Waals surface area contributed by atoms with E-state index >= 15 is 0 Å². The lowest BCUT2D eigenvalue weighted by Crippen LogP contribution is -2.43. The van der Waals surface area contributed by atoms with Gasteiger partial charge in [-0.1, -0.05) is 0 Å². The van der Waals surface area contributed by atoms with Gasteiger partial charge in [0, 0.05) is 19.6 Å². The van der Waals surface area contributed by atoms with Gasteiger partial charge in [0.05, 0.1) is 0 Å². The van der Waals surface area contributed by atoms with Gasteiger partial charge < -0.3 is 25.4 Å². The van der Waals surface area contributed by atoms with Crippen LogP contribution in [0, 0.1) is 5.41 Å². The molecule has 1 atom stereocenters. The lowest BCUT2D eigenvalue weighted by molar-refractivity contribution is -0.139. The van der Waals surface area contributed by atoms with Crippen LogP contribution in [-0.2, 0) is 9.53 Å². The van der Waals surface area contributed by atoms with Gasteiger partial charge in [0.2, 0.25) is 0 Å². The van der Waals surface area contributed by atoms with Crippen LogP contribution in [0.5, 0.6) is 0 Å². The average Bonchev–Trinajstić information content (AvgIpc) is 2.44. The van der Waals surface area contributed by atoms with Crippen LogP contribution in [0.15, 0.2) is 0 Å². The molecule has 4 N–H and O–H groups in total. The summed E-state index contributed by atoms with van der Waals surface area (Å²) in [4.78, 5) is 24.8. The summed E-state index contributed by atoms with van der Waals surface area (Å²) >= 11 is 0. The van der Waals surface area contributed by atoms with Gasteiger partial charge >= 0.3 is 12.1 Å². The molecule has 0 radical (unpaired) electrons. The Hall–Kier alpha value is -1.99. The normalized spacial score (nSPS) is 12.2. The number of carboxylic acids is 1. The molecule has 0 heterocycles. The maximum atomic E-state index is 11.7. The standard InChI is InChI=1S/C16H32N4O4/c1-6-20(7-2)14(17)18-11-9-8-10-12(13(21)22)19-15(23)24-16(3,4)5/h12H,6-11H2,1-5H3,(H2,17,18)(H,19,23)(H,21,22)/t12-/m1/s1. The van der Waals surface area contributed by atoms with Gasteiger partial charge in [0.25, 0.3) is 0 Å². The smallest absolute Gasteiger partial charge is 0.408 e. The number of rotatable bonds is 9. The van der Waals surface area contributed by atoms with E-state index in [0.29, 0.717) is 31.8 Å². The highest BCUT2D eigenvalue weighted by molar-refractivity contribution is 5.80. The van der Waals surface area contributed by atoms with Crippen LogP contribution in [0.1, 0.15) is 53.9 Å². The molecule has 1 amide bonds. The van der Waals surface area contributed by atoms with Crippen molar-refractivity contribution in [3.63, 3.8) is 0 Å². The number of hydrogen-bond acceptors (Lipinski definition) is 4. The summed E-state index contributed by atoms with van der Waals surface area (Å²) in [6.07, 6.45) is 0.917. The summed E-state index contributed by atoms with van der Waals surface area (Å²) in [7, 11) is 0. The Kier molecular flexibility index (Phi) is 9.83. The molecule has 0 fully saturated rings. The van der Waals surface area contributed by atoms with Crippen LogP contribution < -0.4 is 10.6 Å². The number of guanidine groups is 1. The van der Waals surface area contributed by atoms with Crippen LogP contribution in [0.25, 0.3) is 0 Å². The number of amides is 1. The molecular formula is C16H32N4O4. The number of ether oxygens (including phenoxy) is 1. The highest BCUT2D eigenvalue weighted by Crippen LogP contribution is 2.08. The van der Waals surface area contributed by atoms with Crippen LogP contribution in [0.2, 0.25) is 0 Å². The fourth-order valence-electron chi connectivity index (χ4n) is 2.04. The zero-order valence-electron chi connectivity index (χ0n) is 15.4. The number of carbonyl (C=O) groups is 2. The Balaban J connectivity index is 4.13. The van der Waals surface area contributed by atoms with Crippen molar-refractivity contribution in [2.75, 3.05) is 19.6 Å². The Morgan fingerprint density at radius 2 is 1.79 bits per heavy atom. The highest BCUT2D eigenvalue weighted by Gasteiger charge is 2.23. The molecule has 0 aromatic heterocycles. The molecular weight excluding hydrogens is 312 g/mol. The zero-order valence-corrected chi connectivity index (χ0v) is 15.4. The summed E-state index contributed by atoms with van der Waals surface area (Å²) in [6, 6.07) is -0.970. The van der Waals surface area contributed by atoms with Crippen LogP contribution >= 0.6 is 0 Å². The first-order valence-electron chi connectivity index (χ1n) is 8.40. The van der Waals surface area contributed by atoms with E-state index < -0.39 is 23.7 Å². The lowest BCUT2D eigenvalue weighted by Gasteiger charge is -2.23. The van der Waals surface area contributed by atoms with Gasteiger partial charge in [0.1, 0.15) is 11.6 Å². The van der Waals surface area contributed by atoms with Crippen LogP contribution in [0.4, 0.5) is 4.79 Å². The van der Waals surface area contributed by atoms with E-state index in [0.717, 1.165) is 13.1 Å². The van der Waals surface area contributed by atoms with E-state index in [1.165, 1.54) is 0 Å². The van der Waals surface area contributed by atoms with Crippen molar-refractivity contribution in [3.8, 4) is 0 Å². The first kappa shape index (κ1) is 22.0. The molecule has 0 aromatic carbocycles. The number of nitrogens with zero attached hydrogens (tertiary/aromatic N) is 1. The minimum Gasteiger partial charge on any atom is -0.480 e. The predicted octanol–water partition coefficient (Wildman–Crippen LogP) is 2.00. The van der Waals surface area contributed by atoms with E-state index in [1.807, 2.05) is 18.7 Å². The summed E-state index contributed by atoms with van der Waals surface area (Å²) in [5.41, 5.74) is -0.665. The molecule has 0 saturated carbocycles. The third-order valence-electron chi connectivity index (χ3n) is 3.28. The summed E-state index contributed by atoms with van der Waals surface area (Å²) in [6.45, 7) is 11.3. The third-order valence-corrected chi connectivity index (χ3v) is 3.28. The first-order chi connectivity index (χ1) is 11.1. The Bertz CT molecular complexity index is 417. The number of hydrogen-bond donors (Lipinski definition) is 4. The lowest BCUT2D eigenvalue weighted by atomic mass is 10.1. The Morgan fingerprint density at radius 3 is 2.25 bits per heavy atom. The van der Waals surface area contributed by atoms with Crippen molar-refractivity contribution >= 4 is 18.0 Å². The zero-order chi connectivity index (χ0) is 18.8. The van der Waals surface area contributed by atoms with Crippen molar-refractivity contribution in [2.45, 2.75) is 65.5 Å². The fourth-order valence-corrected chi connectivity index (χ4v) is 2.04. The number of unbranched alkanes of at least 4 members (excludes halogenated alkanes) is 1. The quantitative estimate of drug-likeness (QED) is 0.289. The second-order valence-corrected chi connectivity index (χ2v) is 6.48. The molecule has 8 nitrogen and oxygen atoms in total. The topological polar surface area (TPSA) is 115 Å². The molecule has 0 saturated heterocycles. The van der Waals surface area contributed by atoms with Crippen molar-refractivity contribution < 1.29 is 19.4 Å². The van der Waals surface area contributed by atoms with Crippen molar-refractivity contribution in [1.29, 1.82) is 5.41 Å². The molecule has 0 aliphatic heterocycles. The first-order valence-corrected chi connectivity index (χ1v) is 8.40. The Labute approximate surface area is 144 Å². The predicted molar refractivity (Wildman–Crippen MR) is 93.3 cm³/mol. The molecule has 0 aliphatic rings. The second kappa shape index (κ2) is 10.7. The van der Waals surface area contributed by atoms with E-state index in [1.54, 1.807) is 20.8 Å². The van der Waals surface area contributed by atoms with E-state index in [4.69, 9.17) is 10.1 Å². The van der Waals surface area contributed by atoms with Crippen LogP contribution in [-0.4, -0.2) is 59.3 Å². The van der Waals surface area contributed by atoms with Gasteiger partial charge in [-0.15, -0.1) is 0 Å². The number of carbonyl (C=O) groups excluding carboxylic acids is 1. The highest BCUT2D eigenvalue weighted by atomic mass is 16.6. The number of nitrogens with one attached hydrogen (secondary N) is 3. The molecule has 0 spiro atoms. The Morgan fingerprint density at radius 1 is 1.21 bits per heavy atom. The molecule has 0 bridgehead atoms. The molecule has 0 aliphatic carbocycles. The minimum absolute atomic E-state index is 0.314. The average molecular weight is 344 g/mol. The van der Waals surface area contributed by atoms with Gasteiger partial charge in [-0.3, -0.25) is 5.41 Å². The van der Waals surface area contributed by atoms with Gasteiger partial charge in [-0.05, 0) is 53.9 Å². The van der Waals surface area contributed by atoms with Crippen molar-refractivity contribution in [1.82, 2.24) is 15.5 Å². The van der Waals surface area contributed by atoms with Crippen molar-refractivity contribution in [3.05, 3.63) is 0 Å². The van der Waals surface area contributed by atoms with Gasteiger partial charge in [-0.25, -0.2) is 9.59 Å². The monoisotopic (exact) mass is 344 g/mol. The maximum Gasteiger partial charge on any atom is 0.408 e. The van der Waals surface area contributed by atoms with E-state index in [2.05, 4.69) is 10.6 Å². The third kappa shape index (κ3) is 9.91. The number of aliphatic carboxylic acids is 1. The molecule has 24 heavy (non-hydrogen) atoms. The summed E-state index contributed by atoms with van der Waals surface area (Å²) in [5.74, 6) is -0.702. The van der Waals surface area contributed by atoms with Crippen LogP contribution in [0.3, 0.4) is 0 Å². The molecule has 140 valence electrons. The fraction of sp³-hybridized carbons (Fsp3) is 0.812. The molecule has 8 heteroatoms. The largest absolute Gasteiger partial charge is 0.480 e. The van der Waals surface area contributed by atoms with Crippen molar-refractivity contribution in [2.24, 2.45) is 0 Å². The number of carboxylic acid groups (broad SMARTS) is 1. The summed E-state index contributed by atoms with van der Waals surface area (Å²) < 4.78 is 5.07. The molecule has 0 unspecified atom stereocenters. The number of alkyl carbamates (subject to hydrolysis) is 1. The summed E-state index contributed by atoms with van der Waals surface area (Å²) in [5, 5.41) is 22.4. The molecule has 0 aromatic rings. The van der Waals surface area contributed by atoms with E-state index in [9.17, 15) is 14.7 Å². The maximum absolute atomic E-state index is 11.7. The SMILES string of the molecule is CCN(CC)C(=N)NCCCC[C@@H](NC(=O)OC(C)(C)C)C(=O)O. The van der Waals surface area contributed by atoms with Gasteiger partial charge in [0.15, 0.2) is 5.96 Å². The minimum atomic E-state index is -1.08.